The van der Waals surface area contributed by atoms with Gasteiger partial charge in [-0.05, 0) is 52.1 Å². The molecular formula is C15H26N4O. The molecule has 1 aliphatic heterocycles. The average molecular weight is 278 g/mol. The number of carbonyl (C=O) groups excluding carboxylic acids is 1. The quantitative estimate of drug-likeness (QED) is 0.756. The minimum atomic E-state index is -0.675. The van der Waals surface area contributed by atoms with Crippen molar-refractivity contribution in [3.63, 3.8) is 0 Å². The number of carbonyl (C=O) groups is 1. The van der Waals surface area contributed by atoms with Crippen molar-refractivity contribution in [2.75, 3.05) is 26.7 Å². The molecule has 2 N–H and O–H groups in total. The van der Waals surface area contributed by atoms with Gasteiger partial charge in [0.05, 0.1) is 12.6 Å². The number of hydrogen-bond donors (Lipinski definition) is 2. The minimum Gasteiger partial charge on any atom is -0.337 e. The summed E-state index contributed by atoms with van der Waals surface area (Å²) in [7, 11) is 1.95. The molecule has 1 saturated heterocycles. The third kappa shape index (κ3) is 3.71. The zero-order valence-electron chi connectivity index (χ0n) is 12.6. The fourth-order valence-corrected chi connectivity index (χ4v) is 3.13. The standard InChI is InChI=1S/C15H26N4O/c1-15(11-16,12-6-7-12)18-14(20)10-19-8-4-3-5-13(19)9-17-2/h12-13,17H,3-10H2,1-2H3,(H,18,20). The topological polar surface area (TPSA) is 68.2 Å². The van der Waals surface area contributed by atoms with E-state index in [1.54, 1.807) is 0 Å². The zero-order chi connectivity index (χ0) is 14.6. The molecule has 2 unspecified atom stereocenters. The van der Waals surface area contributed by atoms with Gasteiger partial charge in [-0.3, -0.25) is 9.69 Å². The van der Waals surface area contributed by atoms with Gasteiger partial charge < -0.3 is 10.6 Å². The smallest absolute Gasteiger partial charge is 0.235 e. The molecule has 2 fully saturated rings. The van der Waals surface area contributed by atoms with Crippen LogP contribution in [0.3, 0.4) is 0 Å². The maximum Gasteiger partial charge on any atom is 0.235 e. The highest BCUT2D eigenvalue weighted by molar-refractivity contribution is 5.79. The van der Waals surface area contributed by atoms with Crippen molar-refractivity contribution in [2.45, 2.75) is 50.6 Å². The number of hydrogen-bond acceptors (Lipinski definition) is 4. The van der Waals surface area contributed by atoms with E-state index in [1.807, 2.05) is 14.0 Å². The molecule has 0 bridgehead atoms. The van der Waals surface area contributed by atoms with E-state index >= 15 is 0 Å². The van der Waals surface area contributed by atoms with Crippen LogP contribution in [0.1, 0.15) is 39.0 Å². The van der Waals surface area contributed by atoms with Crippen molar-refractivity contribution in [3.05, 3.63) is 0 Å². The zero-order valence-corrected chi connectivity index (χ0v) is 12.6. The third-order valence-corrected chi connectivity index (χ3v) is 4.56. The summed E-state index contributed by atoms with van der Waals surface area (Å²) in [5.41, 5.74) is -0.675. The largest absolute Gasteiger partial charge is 0.337 e. The molecular weight excluding hydrogens is 252 g/mol. The molecule has 0 aromatic carbocycles. The van der Waals surface area contributed by atoms with Gasteiger partial charge in [0.2, 0.25) is 5.91 Å². The summed E-state index contributed by atoms with van der Waals surface area (Å²) < 4.78 is 0. The predicted molar refractivity (Wildman–Crippen MR) is 78.0 cm³/mol. The Hall–Kier alpha value is -1.12. The van der Waals surface area contributed by atoms with Gasteiger partial charge in [-0.25, -0.2) is 0 Å². The van der Waals surface area contributed by atoms with Crippen LogP contribution in [0.25, 0.3) is 0 Å². The predicted octanol–water partition coefficient (Wildman–Crippen LogP) is 0.869. The lowest BCUT2D eigenvalue weighted by atomic mass is 9.97. The lowest BCUT2D eigenvalue weighted by Crippen LogP contribution is -2.53. The normalized spacial score (nSPS) is 26.6. The van der Waals surface area contributed by atoms with Gasteiger partial charge in [0.1, 0.15) is 5.54 Å². The van der Waals surface area contributed by atoms with E-state index < -0.39 is 5.54 Å². The van der Waals surface area contributed by atoms with Gasteiger partial charge in [0, 0.05) is 12.6 Å². The summed E-state index contributed by atoms with van der Waals surface area (Å²) in [5.74, 6) is 0.329. The van der Waals surface area contributed by atoms with E-state index in [4.69, 9.17) is 0 Å². The van der Waals surface area contributed by atoms with Crippen LogP contribution in [-0.4, -0.2) is 49.1 Å². The molecule has 2 rings (SSSR count). The Morgan fingerprint density at radius 1 is 1.40 bits per heavy atom. The van der Waals surface area contributed by atoms with E-state index in [9.17, 15) is 10.1 Å². The molecule has 0 spiro atoms. The van der Waals surface area contributed by atoms with E-state index in [2.05, 4.69) is 21.6 Å². The molecule has 1 aliphatic carbocycles. The first-order chi connectivity index (χ1) is 9.59. The first kappa shape index (κ1) is 15.3. The van der Waals surface area contributed by atoms with Crippen LogP contribution >= 0.6 is 0 Å². The summed E-state index contributed by atoms with van der Waals surface area (Å²) in [6.07, 6.45) is 5.65. The Kier molecular flexibility index (Phi) is 5.00. The van der Waals surface area contributed by atoms with Crippen LogP contribution < -0.4 is 10.6 Å². The minimum absolute atomic E-state index is 0.0102. The molecule has 2 aliphatic rings. The number of amides is 1. The number of nitrogens with zero attached hydrogens (tertiary/aromatic N) is 2. The number of nitriles is 1. The van der Waals surface area contributed by atoms with Gasteiger partial charge in [-0.1, -0.05) is 6.42 Å². The number of piperidine rings is 1. The Morgan fingerprint density at radius 3 is 2.75 bits per heavy atom. The van der Waals surface area contributed by atoms with Crippen molar-refractivity contribution < 1.29 is 4.79 Å². The molecule has 112 valence electrons. The van der Waals surface area contributed by atoms with Gasteiger partial charge in [0.25, 0.3) is 0 Å². The molecule has 0 aromatic rings. The Balaban J connectivity index is 1.88. The molecule has 5 nitrogen and oxygen atoms in total. The molecule has 1 heterocycles. The number of rotatable bonds is 6. The lowest BCUT2D eigenvalue weighted by molar-refractivity contribution is -0.124. The Labute approximate surface area is 121 Å². The molecule has 1 saturated carbocycles. The molecule has 2 atom stereocenters. The second kappa shape index (κ2) is 6.55. The number of nitrogens with one attached hydrogen (secondary N) is 2. The van der Waals surface area contributed by atoms with Crippen molar-refractivity contribution in [1.29, 1.82) is 5.26 Å². The van der Waals surface area contributed by atoms with Crippen LogP contribution in [0.15, 0.2) is 0 Å². The highest BCUT2D eigenvalue weighted by atomic mass is 16.2. The van der Waals surface area contributed by atoms with Gasteiger partial charge in [0.15, 0.2) is 0 Å². The summed E-state index contributed by atoms with van der Waals surface area (Å²) in [6, 6.07) is 2.72. The van der Waals surface area contributed by atoms with E-state index in [0.717, 1.165) is 38.8 Å². The van der Waals surface area contributed by atoms with E-state index in [1.165, 1.54) is 6.42 Å². The second-order valence-corrected chi connectivity index (χ2v) is 6.31. The summed E-state index contributed by atoms with van der Waals surface area (Å²) >= 11 is 0. The van der Waals surface area contributed by atoms with Crippen molar-refractivity contribution >= 4 is 5.91 Å². The first-order valence-corrected chi connectivity index (χ1v) is 7.70. The average Bonchev–Trinajstić information content (AvgIpc) is 3.26. The molecule has 0 aromatic heterocycles. The van der Waals surface area contributed by atoms with Crippen LogP contribution in [-0.2, 0) is 4.79 Å². The van der Waals surface area contributed by atoms with Crippen LogP contribution in [0.4, 0.5) is 0 Å². The lowest BCUT2D eigenvalue weighted by Gasteiger charge is -2.35. The SMILES string of the molecule is CNCC1CCCCN1CC(=O)NC(C)(C#N)C1CC1. The summed E-state index contributed by atoms with van der Waals surface area (Å²) in [5, 5.41) is 15.5. The van der Waals surface area contributed by atoms with Crippen molar-refractivity contribution in [2.24, 2.45) is 5.92 Å². The van der Waals surface area contributed by atoms with Crippen LogP contribution in [0.5, 0.6) is 0 Å². The maximum absolute atomic E-state index is 12.2. The molecule has 20 heavy (non-hydrogen) atoms. The molecule has 1 amide bonds. The second-order valence-electron chi connectivity index (χ2n) is 6.31. The van der Waals surface area contributed by atoms with Crippen molar-refractivity contribution in [3.8, 4) is 6.07 Å². The monoisotopic (exact) mass is 278 g/mol. The number of likely N-dealkylation sites (N-methyl/N-ethyl adjacent to an activating group) is 1. The molecule has 0 radical (unpaired) electrons. The summed E-state index contributed by atoms with van der Waals surface area (Å²) in [4.78, 5) is 14.5. The first-order valence-electron chi connectivity index (χ1n) is 7.70. The van der Waals surface area contributed by atoms with Gasteiger partial charge in [-0.15, -0.1) is 0 Å². The summed E-state index contributed by atoms with van der Waals surface area (Å²) in [6.45, 7) is 4.16. The maximum atomic E-state index is 12.2. The highest BCUT2D eigenvalue weighted by Crippen LogP contribution is 2.39. The van der Waals surface area contributed by atoms with Crippen molar-refractivity contribution in [1.82, 2.24) is 15.5 Å². The van der Waals surface area contributed by atoms with Crippen LogP contribution in [0, 0.1) is 17.2 Å². The Morgan fingerprint density at radius 2 is 2.15 bits per heavy atom. The van der Waals surface area contributed by atoms with Gasteiger partial charge >= 0.3 is 0 Å². The van der Waals surface area contributed by atoms with E-state index in [0.29, 0.717) is 18.5 Å². The van der Waals surface area contributed by atoms with Gasteiger partial charge in [-0.2, -0.15) is 5.26 Å². The fourth-order valence-electron chi connectivity index (χ4n) is 3.13. The van der Waals surface area contributed by atoms with E-state index in [-0.39, 0.29) is 5.91 Å². The fraction of sp³-hybridized carbons (Fsp3) is 0.867. The Bertz CT molecular complexity index is 386. The van der Waals surface area contributed by atoms with Crippen LogP contribution in [0.2, 0.25) is 0 Å². The number of likely N-dealkylation sites (tertiary alicyclic amines) is 1. The molecule has 5 heteroatoms. The highest BCUT2D eigenvalue weighted by Gasteiger charge is 2.43. The third-order valence-electron chi connectivity index (χ3n) is 4.56.